The van der Waals surface area contributed by atoms with E-state index in [4.69, 9.17) is 4.74 Å². The molecular formula is C32H40N2O3. The van der Waals surface area contributed by atoms with Crippen LogP contribution in [0.1, 0.15) is 50.3 Å². The van der Waals surface area contributed by atoms with Gasteiger partial charge in [-0.25, -0.2) is 0 Å². The molecule has 6 rings (SSSR count). The van der Waals surface area contributed by atoms with Crippen molar-refractivity contribution in [3.05, 3.63) is 83.4 Å². The van der Waals surface area contributed by atoms with Gasteiger partial charge in [0.1, 0.15) is 6.10 Å². The van der Waals surface area contributed by atoms with Crippen LogP contribution in [0.4, 0.5) is 0 Å². The molecule has 0 radical (unpaired) electrons. The van der Waals surface area contributed by atoms with Crippen LogP contribution in [0.5, 0.6) is 0 Å². The Morgan fingerprint density at radius 3 is 2.24 bits per heavy atom. The first-order chi connectivity index (χ1) is 18.0. The highest BCUT2D eigenvalue weighted by Gasteiger charge is 2.59. The molecule has 196 valence electrons. The highest BCUT2D eigenvalue weighted by Crippen LogP contribution is 2.56. The minimum atomic E-state index is -0.536. The second-order valence-corrected chi connectivity index (χ2v) is 11.9. The van der Waals surface area contributed by atoms with Gasteiger partial charge in [-0.1, -0.05) is 86.2 Å². The van der Waals surface area contributed by atoms with Crippen LogP contribution in [-0.4, -0.2) is 65.8 Å². The molecule has 4 aliphatic rings. The number of aliphatic hydroxyl groups excluding tert-OH is 1. The summed E-state index contributed by atoms with van der Waals surface area (Å²) in [4.78, 5) is 18.1. The molecule has 5 heteroatoms. The molecule has 5 nitrogen and oxygen atoms in total. The quantitative estimate of drug-likeness (QED) is 0.477. The zero-order valence-corrected chi connectivity index (χ0v) is 22.1. The molecule has 2 saturated heterocycles. The van der Waals surface area contributed by atoms with Crippen LogP contribution >= 0.6 is 0 Å². The lowest BCUT2D eigenvalue weighted by atomic mass is 9.55. The van der Waals surface area contributed by atoms with Gasteiger partial charge < -0.3 is 9.84 Å². The predicted molar refractivity (Wildman–Crippen MR) is 145 cm³/mol. The molecule has 2 aromatic rings. The van der Waals surface area contributed by atoms with E-state index >= 15 is 0 Å². The van der Waals surface area contributed by atoms with Crippen molar-refractivity contribution in [2.45, 2.75) is 51.4 Å². The molecule has 1 N–H and O–H groups in total. The summed E-state index contributed by atoms with van der Waals surface area (Å²) < 4.78 is 5.92. The molecule has 2 aliphatic carbocycles. The number of piperazine rings is 1. The van der Waals surface area contributed by atoms with E-state index in [2.05, 4.69) is 90.4 Å². The average Bonchev–Trinajstić information content (AvgIpc) is 3.23. The maximum absolute atomic E-state index is 13.1. The molecule has 0 spiro atoms. The minimum absolute atomic E-state index is 0.113. The standard InChI is InChI=1S/C32H40N2O3/c1-22-10-9-15-25-20-27-28(30(35)32(22,25)2)26(31(36)37-27)21-33-16-18-34(19-17-33)29(23-11-5-3-6-12-23)24-13-7-4-8-14-24/h3-8,11-15,22,26-30,35H,9-10,16-21H2,1-2H3/t22-,26+,27-,28-,30-,32-/m1/s1. The number of carbonyl (C=O) groups is 1. The summed E-state index contributed by atoms with van der Waals surface area (Å²) in [5.41, 5.74) is 3.68. The summed E-state index contributed by atoms with van der Waals surface area (Å²) in [6, 6.07) is 21.7. The molecule has 6 atom stereocenters. The first-order valence-electron chi connectivity index (χ1n) is 14.1. The molecule has 0 amide bonds. The Hall–Kier alpha value is -2.47. The number of rotatable bonds is 5. The van der Waals surface area contributed by atoms with Gasteiger partial charge in [-0.15, -0.1) is 0 Å². The topological polar surface area (TPSA) is 53.0 Å². The fourth-order valence-corrected chi connectivity index (χ4v) is 7.64. The Kier molecular flexibility index (Phi) is 6.72. The number of ether oxygens (including phenoxy) is 1. The van der Waals surface area contributed by atoms with Gasteiger partial charge in [0, 0.05) is 50.5 Å². The Bertz CT molecular complexity index is 1090. The van der Waals surface area contributed by atoms with Crippen molar-refractivity contribution < 1.29 is 14.6 Å². The smallest absolute Gasteiger partial charge is 0.311 e. The van der Waals surface area contributed by atoms with Gasteiger partial charge >= 0.3 is 5.97 Å². The van der Waals surface area contributed by atoms with E-state index in [1.54, 1.807) is 0 Å². The number of nitrogens with zero attached hydrogens (tertiary/aromatic N) is 2. The van der Waals surface area contributed by atoms with Gasteiger partial charge in [0.25, 0.3) is 0 Å². The number of hydrogen-bond acceptors (Lipinski definition) is 5. The second kappa shape index (κ2) is 10.0. The lowest BCUT2D eigenvalue weighted by Gasteiger charge is -2.52. The number of carbonyl (C=O) groups excluding carboxylic acids is 1. The Morgan fingerprint density at radius 2 is 1.62 bits per heavy atom. The molecule has 0 bridgehead atoms. The number of hydrogen-bond donors (Lipinski definition) is 1. The molecule has 0 aromatic heterocycles. The van der Waals surface area contributed by atoms with E-state index in [9.17, 15) is 9.90 Å². The monoisotopic (exact) mass is 500 g/mol. The Balaban J connectivity index is 1.16. The van der Waals surface area contributed by atoms with Crippen LogP contribution in [0, 0.1) is 23.2 Å². The largest absolute Gasteiger partial charge is 0.461 e. The molecule has 37 heavy (non-hydrogen) atoms. The van der Waals surface area contributed by atoms with E-state index in [-0.39, 0.29) is 35.4 Å². The number of allylic oxidation sites excluding steroid dienone is 1. The van der Waals surface area contributed by atoms with Crippen LogP contribution in [0.2, 0.25) is 0 Å². The van der Waals surface area contributed by atoms with Crippen LogP contribution in [0.3, 0.4) is 0 Å². The third-order valence-corrected chi connectivity index (χ3v) is 10.0. The van der Waals surface area contributed by atoms with Crippen molar-refractivity contribution in [3.8, 4) is 0 Å². The van der Waals surface area contributed by atoms with Crippen molar-refractivity contribution >= 4 is 5.97 Å². The Morgan fingerprint density at radius 1 is 1.00 bits per heavy atom. The molecule has 0 unspecified atom stereocenters. The normalized spacial score (nSPS) is 34.5. The van der Waals surface area contributed by atoms with E-state index in [0.717, 1.165) is 45.4 Å². The van der Waals surface area contributed by atoms with Crippen molar-refractivity contribution in [2.24, 2.45) is 23.2 Å². The highest BCUT2D eigenvalue weighted by atomic mass is 16.6. The first-order valence-corrected chi connectivity index (χ1v) is 14.1. The summed E-state index contributed by atoms with van der Waals surface area (Å²) in [6.45, 7) is 8.85. The Labute approximate surface area is 221 Å². The molecule has 2 heterocycles. The maximum atomic E-state index is 13.1. The van der Waals surface area contributed by atoms with Crippen LogP contribution in [0.15, 0.2) is 72.3 Å². The number of benzene rings is 2. The maximum Gasteiger partial charge on any atom is 0.311 e. The lowest BCUT2D eigenvalue weighted by Crippen LogP contribution is -2.55. The van der Waals surface area contributed by atoms with Crippen LogP contribution < -0.4 is 0 Å². The number of esters is 1. The predicted octanol–water partition coefficient (Wildman–Crippen LogP) is 4.68. The lowest BCUT2D eigenvalue weighted by molar-refractivity contribution is -0.145. The summed E-state index contributed by atoms with van der Waals surface area (Å²) in [5, 5.41) is 11.7. The number of aliphatic hydroxyl groups is 1. The zero-order valence-electron chi connectivity index (χ0n) is 22.1. The van der Waals surface area contributed by atoms with Gasteiger partial charge in [0.15, 0.2) is 0 Å². The fraction of sp³-hybridized carbons (Fsp3) is 0.531. The van der Waals surface area contributed by atoms with E-state index in [1.807, 2.05) is 0 Å². The molecule has 2 aliphatic heterocycles. The molecular weight excluding hydrogens is 460 g/mol. The third kappa shape index (κ3) is 4.35. The number of fused-ring (bicyclic) bond motifs is 2. The third-order valence-electron chi connectivity index (χ3n) is 10.0. The second-order valence-electron chi connectivity index (χ2n) is 11.9. The summed E-state index contributed by atoms with van der Waals surface area (Å²) in [7, 11) is 0. The van der Waals surface area contributed by atoms with Crippen molar-refractivity contribution in [1.29, 1.82) is 0 Å². The van der Waals surface area contributed by atoms with E-state index in [1.165, 1.54) is 16.7 Å². The minimum Gasteiger partial charge on any atom is -0.461 e. The summed E-state index contributed by atoms with van der Waals surface area (Å²) in [5.74, 6) is -0.0672. The van der Waals surface area contributed by atoms with Gasteiger partial charge in [-0.05, 0) is 29.9 Å². The van der Waals surface area contributed by atoms with Crippen molar-refractivity contribution in [1.82, 2.24) is 9.80 Å². The van der Waals surface area contributed by atoms with Gasteiger partial charge in [-0.3, -0.25) is 14.6 Å². The zero-order chi connectivity index (χ0) is 25.6. The summed E-state index contributed by atoms with van der Waals surface area (Å²) in [6.07, 6.45) is 4.53. The van der Waals surface area contributed by atoms with Crippen molar-refractivity contribution in [2.75, 3.05) is 32.7 Å². The SMILES string of the molecule is C[C@@H]1CCC=C2C[C@H]3OC(=O)[C@@H](CN4CCN(C(c5ccccc5)c5ccccc5)CC4)[C@H]3[C@@H](O)[C@@]21C. The average molecular weight is 501 g/mol. The van der Waals surface area contributed by atoms with Crippen LogP contribution in [-0.2, 0) is 9.53 Å². The van der Waals surface area contributed by atoms with Gasteiger partial charge in [0.05, 0.1) is 18.1 Å². The molecule has 3 fully saturated rings. The highest BCUT2D eigenvalue weighted by molar-refractivity contribution is 5.76. The fourth-order valence-electron chi connectivity index (χ4n) is 7.64. The first kappa shape index (κ1) is 24.8. The van der Waals surface area contributed by atoms with Crippen molar-refractivity contribution in [3.63, 3.8) is 0 Å². The van der Waals surface area contributed by atoms with E-state index in [0.29, 0.717) is 12.5 Å². The molecule has 1 saturated carbocycles. The van der Waals surface area contributed by atoms with E-state index < -0.39 is 6.10 Å². The van der Waals surface area contributed by atoms with Gasteiger partial charge in [0.2, 0.25) is 0 Å². The summed E-state index contributed by atoms with van der Waals surface area (Å²) >= 11 is 0. The van der Waals surface area contributed by atoms with Crippen LogP contribution in [0.25, 0.3) is 0 Å². The van der Waals surface area contributed by atoms with Gasteiger partial charge in [-0.2, -0.15) is 0 Å². The molecule has 2 aromatic carbocycles.